The quantitative estimate of drug-likeness (QED) is 0.178. The number of fused-ring (bicyclic) bond motifs is 8. The predicted molar refractivity (Wildman–Crippen MR) is 209 cm³/mol. The third kappa shape index (κ3) is 4.75. The van der Waals surface area contributed by atoms with Gasteiger partial charge in [-0.15, -0.1) is 0 Å². The van der Waals surface area contributed by atoms with Gasteiger partial charge < -0.3 is 13.3 Å². The molecule has 7 aromatic carbocycles. The van der Waals surface area contributed by atoms with Crippen molar-refractivity contribution in [1.29, 1.82) is 0 Å². The minimum absolute atomic E-state index is 0.566. The van der Waals surface area contributed by atoms with Gasteiger partial charge in [-0.05, 0) is 59.7 Å². The molecule has 0 aliphatic rings. The van der Waals surface area contributed by atoms with Crippen molar-refractivity contribution in [3.05, 3.63) is 158 Å². The zero-order valence-corrected chi connectivity index (χ0v) is 28.0. The van der Waals surface area contributed by atoms with E-state index in [0.29, 0.717) is 28.9 Å². The van der Waals surface area contributed by atoms with Gasteiger partial charge in [-0.25, -0.2) is 19.9 Å². The van der Waals surface area contributed by atoms with Crippen molar-refractivity contribution in [3.8, 4) is 56.7 Å². The van der Waals surface area contributed by atoms with Crippen LogP contribution >= 0.6 is 0 Å². The summed E-state index contributed by atoms with van der Waals surface area (Å²) in [4.78, 5) is 20.2. The Balaban J connectivity index is 1.08. The first-order valence-corrected chi connectivity index (χ1v) is 17.4. The monoisotopic (exact) mass is 682 g/mol. The fourth-order valence-electron chi connectivity index (χ4n) is 7.35. The highest BCUT2D eigenvalue weighted by molar-refractivity contribution is 6.17. The van der Waals surface area contributed by atoms with Crippen molar-refractivity contribution in [1.82, 2.24) is 19.9 Å². The predicted octanol–water partition coefficient (Wildman–Crippen LogP) is 12.1. The second-order valence-corrected chi connectivity index (χ2v) is 13.0. The summed E-state index contributed by atoms with van der Waals surface area (Å²) >= 11 is 0. The molecule has 0 unspecified atom stereocenters. The molecule has 4 heterocycles. The highest BCUT2D eigenvalue weighted by Crippen LogP contribution is 2.41. The standard InChI is InChI=1S/C46H26N4O3/c1-3-12-27(13-4-1)43-48-44(50-45(49-43)34-19-11-21-36-40(34)32-18-9-10-20-35(32)51-36)31-17-8-7-16-30(31)29-22-23-33-39(26-29)52-37-24-25-38-42(41(33)37)47-46(53-38)28-14-5-2-6-15-28/h1-26H. The Kier molecular flexibility index (Phi) is 6.42. The second kappa shape index (κ2) is 11.6. The van der Waals surface area contributed by atoms with E-state index in [-0.39, 0.29) is 0 Å². The molecule has 248 valence electrons. The van der Waals surface area contributed by atoms with Crippen molar-refractivity contribution in [2.75, 3.05) is 0 Å². The van der Waals surface area contributed by atoms with Crippen LogP contribution in [0.1, 0.15) is 0 Å². The molecule has 0 bridgehead atoms. The van der Waals surface area contributed by atoms with Crippen LogP contribution in [-0.2, 0) is 0 Å². The number of para-hydroxylation sites is 1. The largest absolute Gasteiger partial charge is 0.456 e. The van der Waals surface area contributed by atoms with Crippen LogP contribution < -0.4 is 0 Å². The third-order valence-corrected chi connectivity index (χ3v) is 9.80. The van der Waals surface area contributed by atoms with Crippen LogP contribution in [0.3, 0.4) is 0 Å². The lowest BCUT2D eigenvalue weighted by Gasteiger charge is -2.12. The molecule has 0 saturated carbocycles. The molecule has 0 radical (unpaired) electrons. The fourth-order valence-corrected chi connectivity index (χ4v) is 7.35. The Morgan fingerprint density at radius 1 is 0.321 bits per heavy atom. The average molecular weight is 683 g/mol. The Labute approximate surface area is 301 Å². The van der Waals surface area contributed by atoms with E-state index >= 15 is 0 Å². The van der Waals surface area contributed by atoms with E-state index in [1.54, 1.807) is 0 Å². The highest BCUT2D eigenvalue weighted by atomic mass is 16.4. The molecule has 0 aliphatic carbocycles. The number of rotatable bonds is 5. The van der Waals surface area contributed by atoms with Crippen molar-refractivity contribution in [2.24, 2.45) is 0 Å². The van der Waals surface area contributed by atoms with E-state index in [1.165, 1.54) is 0 Å². The number of oxazole rings is 1. The molecular formula is C46H26N4O3. The van der Waals surface area contributed by atoms with Crippen molar-refractivity contribution in [3.63, 3.8) is 0 Å². The SMILES string of the molecule is c1ccc(-c2nc(-c3ccccc3-c3ccc4c(c3)oc3ccc5oc(-c6ccccc6)nc5c34)nc(-c3cccc4oc5ccccc5c34)n2)cc1. The maximum Gasteiger partial charge on any atom is 0.227 e. The lowest BCUT2D eigenvalue weighted by atomic mass is 9.97. The van der Waals surface area contributed by atoms with Gasteiger partial charge in [-0.3, -0.25) is 0 Å². The molecule has 53 heavy (non-hydrogen) atoms. The summed E-state index contributed by atoms with van der Waals surface area (Å²) < 4.78 is 18.9. The fraction of sp³-hybridized carbons (Fsp3) is 0. The summed E-state index contributed by atoms with van der Waals surface area (Å²) in [5.41, 5.74) is 10.1. The zero-order chi connectivity index (χ0) is 34.9. The minimum atomic E-state index is 0.566. The summed E-state index contributed by atoms with van der Waals surface area (Å²) in [5, 5.41) is 3.88. The Hall–Kier alpha value is -7.38. The molecule has 0 amide bonds. The number of aromatic nitrogens is 4. The van der Waals surface area contributed by atoms with Gasteiger partial charge in [-0.2, -0.15) is 0 Å². The summed E-state index contributed by atoms with van der Waals surface area (Å²) in [5.74, 6) is 2.30. The molecule has 0 N–H and O–H groups in total. The van der Waals surface area contributed by atoms with Crippen molar-refractivity contribution in [2.45, 2.75) is 0 Å². The minimum Gasteiger partial charge on any atom is -0.456 e. The first kappa shape index (κ1) is 29.4. The van der Waals surface area contributed by atoms with E-state index in [1.807, 2.05) is 121 Å². The number of hydrogen-bond acceptors (Lipinski definition) is 7. The van der Waals surface area contributed by atoms with Gasteiger partial charge in [0.1, 0.15) is 27.8 Å². The van der Waals surface area contributed by atoms with Gasteiger partial charge in [0.05, 0.1) is 5.39 Å². The smallest absolute Gasteiger partial charge is 0.227 e. The Morgan fingerprint density at radius 2 is 0.925 bits per heavy atom. The third-order valence-electron chi connectivity index (χ3n) is 9.80. The van der Waals surface area contributed by atoms with Crippen LogP contribution in [0.4, 0.5) is 0 Å². The average Bonchev–Trinajstić information content (AvgIpc) is 3.94. The maximum absolute atomic E-state index is 6.47. The summed E-state index contributed by atoms with van der Waals surface area (Å²) in [6.07, 6.45) is 0. The van der Waals surface area contributed by atoms with Gasteiger partial charge in [0.2, 0.25) is 5.89 Å². The first-order chi connectivity index (χ1) is 26.2. The van der Waals surface area contributed by atoms with Crippen molar-refractivity contribution >= 4 is 55.0 Å². The van der Waals surface area contributed by atoms with Crippen LogP contribution in [0.2, 0.25) is 0 Å². The second-order valence-electron chi connectivity index (χ2n) is 13.0. The van der Waals surface area contributed by atoms with Gasteiger partial charge in [-0.1, -0.05) is 109 Å². The van der Waals surface area contributed by atoms with Crippen LogP contribution in [0.5, 0.6) is 0 Å². The van der Waals surface area contributed by atoms with Crippen molar-refractivity contribution < 1.29 is 13.3 Å². The number of nitrogens with zero attached hydrogens (tertiary/aromatic N) is 4. The van der Waals surface area contributed by atoms with E-state index in [9.17, 15) is 0 Å². The van der Waals surface area contributed by atoms with Crippen LogP contribution in [0.25, 0.3) is 112 Å². The van der Waals surface area contributed by atoms with Gasteiger partial charge in [0.15, 0.2) is 23.1 Å². The topological polar surface area (TPSA) is 91.0 Å². The summed E-state index contributed by atoms with van der Waals surface area (Å²) in [6.45, 7) is 0. The molecule has 11 aromatic rings. The Morgan fingerprint density at radius 3 is 1.77 bits per heavy atom. The molecule has 0 spiro atoms. The molecule has 11 rings (SSSR count). The van der Waals surface area contributed by atoms with E-state index < -0.39 is 0 Å². The van der Waals surface area contributed by atoms with Crippen LogP contribution in [0.15, 0.2) is 171 Å². The molecular weight excluding hydrogens is 657 g/mol. The van der Waals surface area contributed by atoms with E-state index in [0.717, 1.165) is 82.8 Å². The molecule has 7 nitrogen and oxygen atoms in total. The molecule has 0 saturated heterocycles. The van der Waals surface area contributed by atoms with Gasteiger partial charge in [0.25, 0.3) is 0 Å². The van der Waals surface area contributed by atoms with Gasteiger partial charge >= 0.3 is 0 Å². The molecule has 0 aliphatic heterocycles. The highest BCUT2D eigenvalue weighted by Gasteiger charge is 2.21. The lowest BCUT2D eigenvalue weighted by Crippen LogP contribution is -2.01. The number of benzene rings is 7. The first-order valence-electron chi connectivity index (χ1n) is 17.4. The molecule has 4 aromatic heterocycles. The summed E-state index contributed by atoms with van der Waals surface area (Å²) in [6, 6.07) is 52.4. The van der Waals surface area contributed by atoms with Gasteiger partial charge in [0, 0.05) is 38.4 Å². The maximum atomic E-state index is 6.47. The lowest BCUT2D eigenvalue weighted by molar-refractivity contribution is 0.619. The van der Waals surface area contributed by atoms with Crippen LogP contribution in [0, 0.1) is 0 Å². The molecule has 0 atom stereocenters. The number of hydrogen-bond donors (Lipinski definition) is 0. The molecule has 7 heteroatoms. The van der Waals surface area contributed by atoms with Crippen LogP contribution in [-0.4, -0.2) is 19.9 Å². The van der Waals surface area contributed by atoms with E-state index in [4.69, 9.17) is 33.2 Å². The normalized spacial score (nSPS) is 11.8. The molecule has 0 fully saturated rings. The number of furan rings is 2. The van der Waals surface area contributed by atoms with E-state index in [2.05, 4.69) is 36.4 Å². The summed E-state index contributed by atoms with van der Waals surface area (Å²) in [7, 11) is 0. The zero-order valence-electron chi connectivity index (χ0n) is 28.0. The Bertz CT molecular complexity index is 3180.